The molecule has 0 amide bonds. The second kappa shape index (κ2) is 4.40. The Kier molecular flexibility index (Phi) is 4.20. The van der Waals surface area contributed by atoms with E-state index in [-0.39, 0.29) is 0 Å². The van der Waals surface area contributed by atoms with E-state index in [1.54, 1.807) is 0 Å². The van der Waals surface area contributed by atoms with Crippen LogP contribution in [0.15, 0.2) is 35.4 Å². The lowest BCUT2D eigenvalue weighted by molar-refractivity contribution is 0.795. The molecule has 62 valence electrons. The second-order valence-corrected chi connectivity index (χ2v) is 3.41. The molecule has 11 heavy (non-hydrogen) atoms. The molecule has 0 aliphatic carbocycles. The summed E-state index contributed by atoms with van der Waals surface area (Å²) in [5.41, 5.74) is 1.92. The third-order valence-corrected chi connectivity index (χ3v) is 1.89. The summed E-state index contributed by atoms with van der Waals surface area (Å²) < 4.78 is 0. The fourth-order valence-corrected chi connectivity index (χ4v) is 0.593. The average Bonchev–Trinajstić information content (AvgIpc) is 1.87. The zero-order valence-electron chi connectivity index (χ0n) is 7.45. The van der Waals surface area contributed by atoms with Gasteiger partial charge in [0.15, 0.2) is 0 Å². The van der Waals surface area contributed by atoms with Gasteiger partial charge in [0.25, 0.3) is 0 Å². The summed E-state index contributed by atoms with van der Waals surface area (Å²) in [5, 5.41) is 0.698. The van der Waals surface area contributed by atoms with Gasteiger partial charge < -0.3 is 0 Å². The van der Waals surface area contributed by atoms with Crippen molar-refractivity contribution in [1.82, 2.24) is 0 Å². The number of hydrogen-bond acceptors (Lipinski definition) is 0. The predicted octanol–water partition coefficient (Wildman–Crippen LogP) is 3.90. The van der Waals surface area contributed by atoms with E-state index in [9.17, 15) is 0 Å². The molecule has 0 atom stereocenters. The molecule has 0 aromatic heterocycles. The highest BCUT2D eigenvalue weighted by atomic mass is 35.5. The summed E-state index contributed by atoms with van der Waals surface area (Å²) in [6, 6.07) is 0. The van der Waals surface area contributed by atoms with Crippen LogP contribution in [-0.2, 0) is 0 Å². The molecular weight excluding hydrogens is 156 g/mol. The van der Waals surface area contributed by atoms with E-state index in [1.165, 1.54) is 0 Å². The van der Waals surface area contributed by atoms with E-state index >= 15 is 0 Å². The van der Waals surface area contributed by atoms with Crippen molar-refractivity contribution < 1.29 is 0 Å². The first kappa shape index (κ1) is 10.5. The third kappa shape index (κ3) is 4.05. The first-order valence-electron chi connectivity index (χ1n) is 3.67. The first-order chi connectivity index (χ1) is 4.95. The van der Waals surface area contributed by atoms with Crippen LogP contribution in [0, 0.1) is 5.92 Å². The van der Waals surface area contributed by atoms with Gasteiger partial charge in [-0.15, -0.1) is 0 Å². The lowest BCUT2D eigenvalue weighted by Gasteiger charge is -2.04. The van der Waals surface area contributed by atoms with Gasteiger partial charge in [0.1, 0.15) is 0 Å². The largest absolute Gasteiger partial charge is 0.0955 e. The van der Waals surface area contributed by atoms with Crippen molar-refractivity contribution in [3.05, 3.63) is 35.4 Å². The smallest absolute Gasteiger partial charge is 0.0431 e. The Balaban J connectivity index is 4.32. The standard InChI is InChI=1S/C10H15Cl/c1-7(2)9(5)6-10(11)8(3)4/h6-7H,3,5H2,1-2,4H3/b10-6+. The highest BCUT2D eigenvalue weighted by Gasteiger charge is 1.98. The van der Waals surface area contributed by atoms with Crippen LogP contribution in [0.3, 0.4) is 0 Å². The van der Waals surface area contributed by atoms with E-state index in [4.69, 9.17) is 11.6 Å². The number of hydrogen-bond donors (Lipinski definition) is 0. The van der Waals surface area contributed by atoms with Crippen LogP contribution in [-0.4, -0.2) is 0 Å². The molecule has 0 spiro atoms. The van der Waals surface area contributed by atoms with Crippen molar-refractivity contribution in [2.45, 2.75) is 20.8 Å². The van der Waals surface area contributed by atoms with Crippen molar-refractivity contribution in [3.8, 4) is 0 Å². The van der Waals surface area contributed by atoms with Crippen LogP contribution in [0.25, 0.3) is 0 Å². The molecule has 0 aliphatic rings. The Labute approximate surface area is 74.3 Å². The maximum Gasteiger partial charge on any atom is 0.0431 e. The molecule has 0 unspecified atom stereocenters. The monoisotopic (exact) mass is 170 g/mol. The maximum absolute atomic E-state index is 5.86. The van der Waals surface area contributed by atoms with Gasteiger partial charge in [-0.2, -0.15) is 0 Å². The van der Waals surface area contributed by atoms with Gasteiger partial charge in [-0.05, 0) is 24.5 Å². The lowest BCUT2D eigenvalue weighted by Crippen LogP contribution is -1.88. The molecule has 0 heterocycles. The minimum absolute atomic E-state index is 0.447. The lowest BCUT2D eigenvalue weighted by atomic mass is 10.0. The van der Waals surface area contributed by atoms with Crippen LogP contribution in [0.1, 0.15) is 20.8 Å². The number of halogens is 1. The summed E-state index contributed by atoms with van der Waals surface area (Å²) in [6.07, 6.45) is 1.87. The average molecular weight is 171 g/mol. The van der Waals surface area contributed by atoms with Gasteiger partial charge in [0.2, 0.25) is 0 Å². The molecule has 0 nitrogen and oxygen atoms in total. The van der Waals surface area contributed by atoms with Gasteiger partial charge in [-0.1, -0.05) is 44.2 Å². The molecule has 0 saturated heterocycles. The van der Waals surface area contributed by atoms with Crippen molar-refractivity contribution in [2.75, 3.05) is 0 Å². The highest BCUT2D eigenvalue weighted by molar-refractivity contribution is 6.32. The SMILES string of the molecule is C=C(C)/C(Cl)=C\C(=C)C(C)C. The van der Waals surface area contributed by atoms with E-state index in [1.807, 2.05) is 13.0 Å². The quantitative estimate of drug-likeness (QED) is 0.564. The predicted molar refractivity (Wildman–Crippen MR) is 52.7 cm³/mol. The van der Waals surface area contributed by atoms with Crippen LogP contribution in [0.2, 0.25) is 0 Å². The fraction of sp³-hybridized carbons (Fsp3) is 0.400. The zero-order valence-corrected chi connectivity index (χ0v) is 8.20. The van der Waals surface area contributed by atoms with Crippen molar-refractivity contribution in [1.29, 1.82) is 0 Å². The van der Waals surface area contributed by atoms with E-state index in [0.29, 0.717) is 11.0 Å². The Morgan fingerprint density at radius 2 is 1.82 bits per heavy atom. The number of allylic oxidation sites excluding steroid dienone is 4. The maximum atomic E-state index is 5.86. The topological polar surface area (TPSA) is 0 Å². The molecule has 0 rings (SSSR count). The summed E-state index contributed by atoms with van der Waals surface area (Å²) in [7, 11) is 0. The molecule has 0 radical (unpaired) electrons. The Morgan fingerprint density at radius 3 is 2.09 bits per heavy atom. The van der Waals surface area contributed by atoms with E-state index in [0.717, 1.165) is 11.1 Å². The highest BCUT2D eigenvalue weighted by Crippen LogP contribution is 2.17. The van der Waals surface area contributed by atoms with Crippen LogP contribution < -0.4 is 0 Å². The first-order valence-corrected chi connectivity index (χ1v) is 4.04. The zero-order chi connectivity index (χ0) is 9.02. The molecule has 0 aromatic carbocycles. The summed E-state index contributed by atoms with van der Waals surface area (Å²) in [5.74, 6) is 0.447. The van der Waals surface area contributed by atoms with Gasteiger partial charge in [0.05, 0.1) is 0 Å². The van der Waals surface area contributed by atoms with Crippen LogP contribution in [0.4, 0.5) is 0 Å². The van der Waals surface area contributed by atoms with Gasteiger partial charge in [0, 0.05) is 5.03 Å². The molecule has 0 N–H and O–H groups in total. The molecule has 0 aromatic rings. The third-order valence-electron chi connectivity index (χ3n) is 1.46. The summed E-state index contributed by atoms with van der Waals surface area (Å²) in [6.45, 7) is 13.7. The minimum atomic E-state index is 0.447. The fourth-order valence-electron chi connectivity index (χ4n) is 0.453. The molecule has 0 aliphatic heterocycles. The summed E-state index contributed by atoms with van der Waals surface area (Å²) in [4.78, 5) is 0. The molecule has 0 saturated carbocycles. The molecule has 0 bridgehead atoms. The van der Waals surface area contributed by atoms with Crippen molar-refractivity contribution in [2.24, 2.45) is 5.92 Å². The Bertz CT molecular complexity index is 197. The number of rotatable bonds is 3. The molecular formula is C10H15Cl. The second-order valence-electron chi connectivity index (χ2n) is 3.00. The minimum Gasteiger partial charge on any atom is -0.0955 e. The molecule has 0 fully saturated rings. The van der Waals surface area contributed by atoms with Crippen molar-refractivity contribution in [3.63, 3.8) is 0 Å². The molecule has 1 heteroatoms. The van der Waals surface area contributed by atoms with Crippen LogP contribution in [0.5, 0.6) is 0 Å². The van der Waals surface area contributed by atoms with Gasteiger partial charge in [-0.3, -0.25) is 0 Å². The van der Waals surface area contributed by atoms with E-state index in [2.05, 4.69) is 27.0 Å². The van der Waals surface area contributed by atoms with Crippen molar-refractivity contribution >= 4 is 11.6 Å². The van der Waals surface area contributed by atoms with Crippen LogP contribution >= 0.6 is 11.6 Å². The summed E-state index contributed by atoms with van der Waals surface area (Å²) >= 11 is 5.86. The van der Waals surface area contributed by atoms with Gasteiger partial charge in [-0.25, -0.2) is 0 Å². The van der Waals surface area contributed by atoms with E-state index < -0.39 is 0 Å². The Hall–Kier alpha value is -0.490. The normalized spacial score (nSPS) is 11.9. The Morgan fingerprint density at radius 1 is 1.36 bits per heavy atom. The van der Waals surface area contributed by atoms with Gasteiger partial charge >= 0.3 is 0 Å².